The topological polar surface area (TPSA) is 52.6 Å². The van der Waals surface area contributed by atoms with E-state index >= 15 is 0 Å². The number of aliphatic hydroxyl groups excluding tert-OH is 1. The van der Waals surface area contributed by atoms with Crippen molar-refractivity contribution in [2.24, 2.45) is 0 Å². The number of nitrogens with one attached hydrogen (secondary N) is 1. The molecule has 1 amide bonds. The highest BCUT2D eigenvalue weighted by Crippen LogP contribution is 2.21. The van der Waals surface area contributed by atoms with E-state index < -0.39 is 6.10 Å². The third-order valence-corrected chi connectivity index (χ3v) is 3.93. The van der Waals surface area contributed by atoms with Gasteiger partial charge in [-0.1, -0.05) is 29.8 Å². The summed E-state index contributed by atoms with van der Waals surface area (Å²) in [5, 5.41) is 13.6. The van der Waals surface area contributed by atoms with Crippen LogP contribution in [0.5, 0.6) is 0 Å². The summed E-state index contributed by atoms with van der Waals surface area (Å²) in [5.74, 6) is 0.107. The van der Waals surface area contributed by atoms with E-state index in [-0.39, 0.29) is 12.5 Å². The first kappa shape index (κ1) is 15.3. The highest BCUT2D eigenvalue weighted by Gasteiger charge is 2.17. The molecule has 0 bridgehead atoms. The number of hydrogen-bond acceptors (Lipinski definition) is 3. The second-order valence-corrected chi connectivity index (χ2v) is 5.52. The monoisotopic (exact) mass is 296 g/mol. The Morgan fingerprint density at radius 1 is 1.30 bits per heavy atom. The zero-order valence-corrected chi connectivity index (χ0v) is 12.3. The van der Waals surface area contributed by atoms with Crippen LogP contribution in [0.3, 0.4) is 0 Å². The van der Waals surface area contributed by atoms with Gasteiger partial charge >= 0.3 is 0 Å². The van der Waals surface area contributed by atoms with E-state index in [1.807, 2.05) is 17.0 Å². The lowest BCUT2D eigenvalue weighted by Crippen LogP contribution is -2.41. The fourth-order valence-electron chi connectivity index (χ4n) is 2.43. The second-order valence-electron chi connectivity index (χ2n) is 5.11. The van der Waals surface area contributed by atoms with Crippen LogP contribution >= 0.6 is 11.6 Å². The quantitative estimate of drug-likeness (QED) is 0.873. The standard InChI is InChI=1S/C15H21ClN2O2/c16-13-7-3-2-6-12(13)14(19)10-17-11-15(20)18-8-4-1-5-9-18/h2-3,6-7,14,17,19H,1,4-5,8-11H2. The van der Waals surface area contributed by atoms with Crippen LogP contribution < -0.4 is 5.32 Å². The summed E-state index contributed by atoms with van der Waals surface area (Å²) < 4.78 is 0. The van der Waals surface area contributed by atoms with Gasteiger partial charge in [0.25, 0.3) is 0 Å². The average Bonchev–Trinajstić information content (AvgIpc) is 2.48. The van der Waals surface area contributed by atoms with Crippen molar-refractivity contribution in [1.82, 2.24) is 10.2 Å². The molecule has 5 heteroatoms. The van der Waals surface area contributed by atoms with E-state index in [1.54, 1.807) is 12.1 Å². The maximum absolute atomic E-state index is 11.9. The molecule has 1 unspecified atom stereocenters. The molecule has 1 atom stereocenters. The fraction of sp³-hybridized carbons (Fsp3) is 0.533. The zero-order valence-electron chi connectivity index (χ0n) is 11.5. The summed E-state index contributed by atoms with van der Waals surface area (Å²) in [5.41, 5.74) is 0.687. The van der Waals surface area contributed by atoms with Crippen LogP contribution in [0.25, 0.3) is 0 Å². The third-order valence-electron chi connectivity index (χ3n) is 3.59. The number of aliphatic hydroxyl groups is 1. The summed E-state index contributed by atoms with van der Waals surface area (Å²) in [4.78, 5) is 13.8. The van der Waals surface area contributed by atoms with Crippen LogP contribution in [0.4, 0.5) is 0 Å². The largest absolute Gasteiger partial charge is 0.387 e. The van der Waals surface area contributed by atoms with Gasteiger partial charge in [-0.3, -0.25) is 4.79 Å². The van der Waals surface area contributed by atoms with Gasteiger partial charge in [0.05, 0.1) is 12.6 Å². The lowest BCUT2D eigenvalue weighted by Gasteiger charge is -2.27. The lowest BCUT2D eigenvalue weighted by atomic mass is 10.1. The Hall–Kier alpha value is -1.10. The van der Waals surface area contributed by atoms with Gasteiger partial charge in [-0.15, -0.1) is 0 Å². The molecule has 0 radical (unpaired) electrons. The number of halogens is 1. The van der Waals surface area contributed by atoms with Gasteiger partial charge in [0.15, 0.2) is 0 Å². The number of carbonyl (C=O) groups excluding carboxylic acids is 1. The molecule has 1 fully saturated rings. The number of hydrogen-bond donors (Lipinski definition) is 2. The van der Waals surface area contributed by atoms with Crippen molar-refractivity contribution >= 4 is 17.5 Å². The van der Waals surface area contributed by atoms with E-state index in [9.17, 15) is 9.90 Å². The van der Waals surface area contributed by atoms with Gasteiger partial charge in [0.1, 0.15) is 0 Å². The van der Waals surface area contributed by atoms with Crippen molar-refractivity contribution < 1.29 is 9.90 Å². The molecular weight excluding hydrogens is 276 g/mol. The van der Waals surface area contributed by atoms with Gasteiger partial charge in [0, 0.05) is 30.2 Å². The number of nitrogens with zero attached hydrogens (tertiary/aromatic N) is 1. The zero-order chi connectivity index (χ0) is 14.4. The lowest BCUT2D eigenvalue weighted by molar-refractivity contribution is -0.131. The van der Waals surface area contributed by atoms with Crippen LogP contribution in [0.1, 0.15) is 30.9 Å². The minimum atomic E-state index is -0.696. The normalized spacial score (nSPS) is 17.0. The molecule has 1 aliphatic rings. The minimum absolute atomic E-state index is 0.107. The van der Waals surface area contributed by atoms with E-state index in [4.69, 9.17) is 11.6 Å². The molecule has 1 heterocycles. The molecule has 0 aromatic heterocycles. The summed E-state index contributed by atoms with van der Waals surface area (Å²) in [6.07, 6.45) is 2.70. The van der Waals surface area contributed by atoms with E-state index in [1.165, 1.54) is 6.42 Å². The second kappa shape index (κ2) is 7.62. The molecule has 1 aliphatic heterocycles. The first-order chi connectivity index (χ1) is 9.68. The molecule has 0 spiro atoms. The highest BCUT2D eigenvalue weighted by molar-refractivity contribution is 6.31. The maximum atomic E-state index is 11.9. The summed E-state index contributed by atoms with van der Waals surface area (Å²) in [7, 11) is 0. The molecule has 20 heavy (non-hydrogen) atoms. The average molecular weight is 297 g/mol. The van der Waals surface area contributed by atoms with Gasteiger partial charge in [-0.05, 0) is 25.3 Å². The van der Waals surface area contributed by atoms with E-state index in [2.05, 4.69) is 5.32 Å². The van der Waals surface area contributed by atoms with E-state index in [0.29, 0.717) is 17.1 Å². The first-order valence-electron chi connectivity index (χ1n) is 7.09. The molecule has 2 rings (SSSR count). The molecule has 2 N–H and O–H groups in total. The van der Waals surface area contributed by atoms with Crippen molar-refractivity contribution in [2.45, 2.75) is 25.4 Å². The van der Waals surface area contributed by atoms with Crippen molar-refractivity contribution in [3.8, 4) is 0 Å². The van der Waals surface area contributed by atoms with Gasteiger partial charge in [0.2, 0.25) is 5.91 Å². The first-order valence-corrected chi connectivity index (χ1v) is 7.47. The number of rotatable bonds is 5. The molecular formula is C15H21ClN2O2. The predicted octanol–water partition coefficient (Wildman–Crippen LogP) is 1.98. The third kappa shape index (κ3) is 4.20. The molecule has 110 valence electrons. The Labute approximate surface area is 124 Å². The summed E-state index contributed by atoms with van der Waals surface area (Å²) in [6.45, 7) is 2.30. The molecule has 1 aromatic carbocycles. The van der Waals surface area contributed by atoms with Gasteiger partial charge in [-0.2, -0.15) is 0 Å². The van der Waals surface area contributed by atoms with Gasteiger partial charge in [-0.25, -0.2) is 0 Å². The van der Waals surface area contributed by atoms with Crippen LogP contribution in [-0.2, 0) is 4.79 Å². The Bertz CT molecular complexity index is 447. The highest BCUT2D eigenvalue weighted by atomic mass is 35.5. The van der Waals surface area contributed by atoms with Crippen LogP contribution in [0, 0.1) is 0 Å². The SMILES string of the molecule is O=C(CNCC(O)c1ccccc1Cl)N1CCCCC1. The number of benzene rings is 1. The Balaban J connectivity index is 1.75. The van der Waals surface area contributed by atoms with Crippen LogP contribution in [0.15, 0.2) is 24.3 Å². The summed E-state index contributed by atoms with van der Waals surface area (Å²) in [6, 6.07) is 7.20. The van der Waals surface area contributed by atoms with Crippen LogP contribution in [-0.4, -0.2) is 42.1 Å². The molecule has 0 aliphatic carbocycles. The number of amides is 1. The molecule has 1 aromatic rings. The molecule has 1 saturated heterocycles. The minimum Gasteiger partial charge on any atom is -0.387 e. The van der Waals surface area contributed by atoms with Crippen molar-refractivity contribution in [2.75, 3.05) is 26.2 Å². The maximum Gasteiger partial charge on any atom is 0.236 e. The predicted molar refractivity (Wildman–Crippen MR) is 79.7 cm³/mol. The van der Waals surface area contributed by atoms with Crippen LogP contribution in [0.2, 0.25) is 5.02 Å². The van der Waals surface area contributed by atoms with Gasteiger partial charge < -0.3 is 15.3 Å². The van der Waals surface area contributed by atoms with Crippen molar-refractivity contribution in [1.29, 1.82) is 0 Å². The Kier molecular flexibility index (Phi) is 5.83. The smallest absolute Gasteiger partial charge is 0.236 e. The fourth-order valence-corrected chi connectivity index (χ4v) is 2.69. The Morgan fingerprint density at radius 3 is 2.70 bits per heavy atom. The van der Waals surface area contributed by atoms with Crippen molar-refractivity contribution in [3.63, 3.8) is 0 Å². The molecule has 4 nitrogen and oxygen atoms in total. The number of carbonyl (C=O) groups is 1. The van der Waals surface area contributed by atoms with E-state index in [0.717, 1.165) is 25.9 Å². The van der Waals surface area contributed by atoms with Crippen molar-refractivity contribution in [3.05, 3.63) is 34.9 Å². The number of likely N-dealkylation sites (tertiary alicyclic amines) is 1. The summed E-state index contributed by atoms with van der Waals surface area (Å²) >= 11 is 6.02. The number of piperidine rings is 1. The Morgan fingerprint density at radius 2 is 2.00 bits per heavy atom. The molecule has 0 saturated carbocycles.